The number of thioether (sulfide) groups is 1. The number of benzene rings is 1. The third-order valence-electron chi connectivity index (χ3n) is 8.99. The van der Waals surface area contributed by atoms with E-state index in [0.29, 0.717) is 17.3 Å². The lowest BCUT2D eigenvalue weighted by Crippen LogP contribution is -2.58. The lowest BCUT2D eigenvalue weighted by Gasteiger charge is -2.41. The number of fused-ring (bicyclic) bond motifs is 2. The van der Waals surface area contributed by atoms with Gasteiger partial charge < -0.3 is 19.6 Å². The molecule has 4 aliphatic rings. The van der Waals surface area contributed by atoms with Crippen molar-refractivity contribution in [2.45, 2.75) is 68.5 Å². The van der Waals surface area contributed by atoms with E-state index in [-0.39, 0.29) is 30.9 Å². The van der Waals surface area contributed by atoms with Crippen molar-refractivity contribution < 1.29 is 24.2 Å². The highest BCUT2D eigenvalue weighted by molar-refractivity contribution is 8.02. The fraction of sp³-hybridized carbons (Fsp3) is 0.567. The summed E-state index contributed by atoms with van der Waals surface area (Å²) in [7, 11) is 0. The Kier molecular flexibility index (Phi) is 7.68. The van der Waals surface area contributed by atoms with Crippen molar-refractivity contribution in [1.29, 1.82) is 0 Å². The monoisotopic (exact) mass is 572 g/mol. The highest BCUT2D eigenvalue weighted by Crippen LogP contribution is 2.65. The number of rotatable bonds is 5. The van der Waals surface area contributed by atoms with Gasteiger partial charge in [0.1, 0.15) is 6.04 Å². The average molecular weight is 573 g/mol. The number of ether oxygens (including phenoxy) is 1. The molecule has 2 saturated heterocycles. The van der Waals surface area contributed by atoms with Gasteiger partial charge in [0.2, 0.25) is 5.91 Å². The number of cyclic esters (lactones) is 1. The number of carbonyl (C=O) groups excluding carboxylic acids is 3. The van der Waals surface area contributed by atoms with E-state index >= 15 is 0 Å². The molecule has 7 nitrogen and oxygen atoms in total. The molecular formula is C30H37ClN2O5S. The number of aliphatic hydroxyl groups excluding tert-OH is 1. The Morgan fingerprint density at radius 3 is 2.64 bits per heavy atom. The topological polar surface area (TPSA) is 87.2 Å². The van der Waals surface area contributed by atoms with E-state index in [0.717, 1.165) is 24.8 Å². The van der Waals surface area contributed by atoms with E-state index in [1.807, 2.05) is 58.1 Å². The van der Waals surface area contributed by atoms with Crippen molar-refractivity contribution in [1.82, 2.24) is 4.90 Å². The fourth-order valence-electron chi connectivity index (χ4n) is 6.91. The number of aliphatic hydroxyl groups is 1. The number of allylic oxidation sites excluding steroid dienone is 1. The Bertz CT molecular complexity index is 1220. The Morgan fingerprint density at radius 2 is 1.95 bits per heavy atom. The minimum Gasteiger partial charge on any atom is -0.465 e. The molecule has 2 fully saturated rings. The van der Waals surface area contributed by atoms with Crippen LogP contribution in [0.15, 0.2) is 42.5 Å². The summed E-state index contributed by atoms with van der Waals surface area (Å²) in [4.78, 5) is 46.2. The number of esters is 1. The van der Waals surface area contributed by atoms with Crippen LogP contribution in [0.4, 0.5) is 5.69 Å². The molecule has 0 saturated carbocycles. The first-order valence-electron chi connectivity index (χ1n) is 13.8. The van der Waals surface area contributed by atoms with Gasteiger partial charge >= 0.3 is 5.97 Å². The smallest absolute Gasteiger partial charge is 0.311 e. The summed E-state index contributed by atoms with van der Waals surface area (Å²) in [6, 6.07) is 4.01. The molecule has 0 aromatic heterocycles. The van der Waals surface area contributed by atoms with Crippen LogP contribution in [0.5, 0.6) is 0 Å². The van der Waals surface area contributed by atoms with Gasteiger partial charge in [0, 0.05) is 11.3 Å². The maximum absolute atomic E-state index is 14.7. The van der Waals surface area contributed by atoms with Crippen molar-refractivity contribution in [3.05, 3.63) is 53.1 Å². The number of aryl methyl sites for hydroxylation is 1. The largest absolute Gasteiger partial charge is 0.465 e. The van der Waals surface area contributed by atoms with Gasteiger partial charge in [-0.2, -0.15) is 0 Å². The Morgan fingerprint density at radius 1 is 1.18 bits per heavy atom. The van der Waals surface area contributed by atoms with E-state index in [1.54, 1.807) is 15.9 Å². The first kappa shape index (κ1) is 28.2. The Hall–Kier alpha value is -2.29. The summed E-state index contributed by atoms with van der Waals surface area (Å²) in [5.74, 6) is -2.57. The van der Waals surface area contributed by atoms with Crippen LogP contribution in [0.3, 0.4) is 0 Å². The first-order chi connectivity index (χ1) is 18.6. The molecule has 5 rings (SSSR count). The van der Waals surface area contributed by atoms with Gasteiger partial charge in [0.15, 0.2) is 0 Å². The number of para-hydroxylation sites is 1. The lowest BCUT2D eigenvalue weighted by atomic mass is 9.74. The highest BCUT2D eigenvalue weighted by atomic mass is 35.5. The van der Waals surface area contributed by atoms with Crippen LogP contribution in [0, 0.1) is 24.7 Å². The van der Waals surface area contributed by atoms with Crippen molar-refractivity contribution >= 4 is 46.8 Å². The highest BCUT2D eigenvalue weighted by Gasteiger charge is 2.74. The molecule has 1 unspecified atom stereocenters. The minimum atomic E-state index is -1.01. The minimum absolute atomic E-state index is 0.0610. The summed E-state index contributed by atoms with van der Waals surface area (Å²) < 4.78 is 3.94. The van der Waals surface area contributed by atoms with E-state index in [2.05, 4.69) is 6.08 Å². The van der Waals surface area contributed by atoms with Crippen LogP contribution < -0.4 is 4.90 Å². The number of likely N-dealkylation sites (tertiary alicyclic amines) is 1. The number of carbonyl (C=O) groups is 3. The van der Waals surface area contributed by atoms with Crippen LogP contribution in [0.25, 0.3) is 0 Å². The van der Waals surface area contributed by atoms with E-state index in [4.69, 9.17) is 16.3 Å². The predicted molar refractivity (Wildman–Crippen MR) is 154 cm³/mol. The van der Waals surface area contributed by atoms with Gasteiger partial charge in [0.25, 0.3) is 5.91 Å². The van der Waals surface area contributed by atoms with Gasteiger partial charge in [-0.15, -0.1) is 11.8 Å². The number of amides is 2. The number of hydrogen-bond donors (Lipinski definition) is 1. The third-order valence-corrected chi connectivity index (χ3v) is 11.1. The van der Waals surface area contributed by atoms with Gasteiger partial charge in [-0.25, -0.2) is 0 Å². The molecule has 7 atom stereocenters. The molecule has 9 heteroatoms. The zero-order valence-electron chi connectivity index (χ0n) is 22.9. The summed E-state index contributed by atoms with van der Waals surface area (Å²) >= 11 is 8.15. The predicted octanol–water partition coefficient (Wildman–Crippen LogP) is 4.54. The van der Waals surface area contributed by atoms with Gasteiger partial charge in [0.05, 0.1) is 46.5 Å². The van der Waals surface area contributed by atoms with Crippen LogP contribution in [0.2, 0.25) is 5.02 Å². The molecule has 0 radical (unpaired) electrons. The summed E-state index contributed by atoms with van der Waals surface area (Å²) in [5, 5.41) is 11.0. The van der Waals surface area contributed by atoms with Gasteiger partial charge in [-0.1, -0.05) is 68.3 Å². The zero-order chi connectivity index (χ0) is 28.1. The normalized spacial score (nSPS) is 34.7. The van der Waals surface area contributed by atoms with Crippen LogP contribution >= 0.6 is 23.4 Å². The molecule has 1 N–H and O–H groups in total. The molecule has 210 valence electrons. The van der Waals surface area contributed by atoms with Crippen molar-refractivity contribution in [2.75, 3.05) is 24.7 Å². The molecule has 1 aromatic carbocycles. The molecule has 2 amide bonds. The number of anilines is 1. The fourth-order valence-corrected chi connectivity index (χ4v) is 9.37. The van der Waals surface area contributed by atoms with Crippen molar-refractivity contribution in [2.24, 2.45) is 17.8 Å². The third kappa shape index (κ3) is 4.34. The van der Waals surface area contributed by atoms with Gasteiger partial charge in [-0.05, 0) is 44.2 Å². The summed E-state index contributed by atoms with van der Waals surface area (Å²) in [5.41, 5.74) is 1.46. The first-order valence-corrected chi connectivity index (χ1v) is 15.0. The quantitative estimate of drug-likeness (QED) is 0.412. The van der Waals surface area contributed by atoms with Crippen LogP contribution in [0.1, 0.15) is 45.6 Å². The Balaban J connectivity index is 1.72. The van der Waals surface area contributed by atoms with Crippen LogP contribution in [-0.4, -0.2) is 69.1 Å². The van der Waals surface area contributed by atoms with Crippen LogP contribution in [-0.2, 0) is 19.1 Å². The summed E-state index contributed by atoms with van der Waals surface area (Å²) in [6.07, 6.45) is 10.2. The second kappa shape index (κ2) is 10.6. The van der Waals surface area contributed by atoms with E-state index in [9.17, 15) is 19.5 Å². The maximum Gasteiger partial charge on any atom is 0.311 e. The molecule has 1 spiro atoms. The zero-order valence-corrected chi connectivity index (χ0v) is 24.5. The van der Waals surface area contributed by atoms with Crippen molar-refractivity contribution in [3.63, 3.8) is 0 Å². The SMILES string of the molecule is CC[C@H](C)[C@H](CO)N1C(=O)[C@@H]2[C@@H]3C(=O)OCCC/C=C\[C@]3(C)S[C@@]23C=CCN(c2c(C)cccc2Cl)C(=O)C13. The van der Waals surface area contributed by atoms with E-state index < -0.39 is 39.4 Å². The van der Waals surface area contributed by atoms with Gasteiger partial charge in [-0.3, -0.25) is 14.4 Å². The number of nitrogens with zero attached hydrogens (tertiary/aromatic N) is 2. The summed E-state index contributed by atoms with van der Waals surface area (Å²) in [6.45, 7) is 8.17. The maximum atomic E-state index is 14.7. The molecule has 1 aromatic rings. The number of halogens is 1. The molecule has 4 heterocycles. The molecule has 39 heavy (non-hydrogen) atoms. The number of hydrogen-bond acceptors (Lipinski definition) is 6. The molecular weight excluding hydrogens is 536 g/mol. The molecule has 0 aliphatic carbocycles. The lowest BCUT2D eigenvalue weighted by molar-refractivity contribution is -0.154. The second-order valence-corrected chi connectivity index (χ2v) is 13.5. The second-order valence-electron chi connectivity index (χ2n) is 11.3. The average Bonchev–Trinajstić information content (AvgIpc) is 3.25. The van der Waals surface area contributed by atoms with Crippen molar-refractivity contribution in [3.8, 4) is 0 Å². The molecule has 0 bridgehead atoms. The molecule has 4 aliphatic heterocycles. The Labute approximate surface area is 239 Å². The van der Waals surface area contributed by atoms with E-state index in [1.165, 1.54) is 11.8 Å². The standard InChI is InChI=1S/C30H37ClN2O5S/c1-5-18(2)21(17-34)33-25-27(36)32(24-19(3)11-9-12-20(24)31)15-10-14-30(25)22(26(33)35)23-28(37)38-16-8-6-7-13-29(23,4)39-30/h7,9-14,18,21-23,25,34H,5-6,8,15-17H2,1-4H3/b13-7-/t18-,21-,22-,23+,25?,29-,30-/m0/s1.